The zero-order chi connectivity index (χ0) is 17.7. The summed E-state index contributed by atoms with van der Waals surface area (Å²) in [6, 6.07) is 0. The molecule has 0 rings (SSSR count). The molecule has 0 aromatic heterocycles. The molecule has 24 heavy (non-hydrogen) atoms. The molecule has 120 valence electrons. The van der Waals surface area contributed by atoms with Crippen molar-refractivity contribution in [1.82, 2.24) is 0 Å². The molecule has 4 amide bonds. The van der Waals surface area contributed by atoms with Gasteiger partial charge in [-0.2, -0.15) is 0 Å². The number of carbonyl (C=O) groups is 6. The van der Waals surface area contributed by atoms with Gasteiger partial charge >= 0.3 is 83.5 Å². The van der Waals surface area contributed by atoms with Gasteiger partial charge in [0, 0.05) is 0 Å². The van der Waals surface area contributed by atoms with Crippen LogP contribution in [0.25, 0.3) is 0 Å². The molecule has 18 heteroatoms. The van der Waals surface area contributed by atoms with Gasteiger partial charge in [0.2, 0.25) is 0 Å². The molecule has 0 atom stereocenters. The molecule has 0 saturated heterocycles. The fourth-order valence-corrected chi connectivity index (χ4v) is 0.351. The molecule has 0 aliphatic heterocycles. The Bertz CT molecular complexity index is 498. The molecule has 0 aromatic rings. The Morgan fingerprint density at radius 3 is 1.04 bits per heavy atom. The van der Waals surface area contributed by atoms with Crippen LogP contribution in [0.4, 0.5) is 28.8 Å². The maximum absolute atomic E-state index is 9.99. The van der Waals surface area contributed by atoms with Crippen molar-refractivity contribution < 1.29 is 118 Å². The van der Waals surface area contributed by atoms with E-state index in [9.17, 15) is 39.0 Å². The predicted octanol–water partition coefficient (Wildman–Crippen LogP) is -6.80. The summed E-state index contributed by atoms with van der Waals surface area (Å²) in [5, 5.41) is 43.6. The van der Waals surface area contributed by atoms with Crippen LogP contribution in [0.5, 0.6) is 0 Å². The first-order valence-electron chi connectivity index (χ1n) is 4.19. The van der Waals surface area contributed by atoms with Crippen LogP contribution in [0.15, 0.2) is 20.5 Å². The summed E-state index contributed by atoms with van der Waals surface area (Å²) >= 11 is 0. The molecule has 0 saturated carbocycles. The summed E-state index contributed by atoms with van der Waals surface area (Å²) in [7, 11) is 0. The van der Waals surface area contributed by atoms with Gasteiger partial charge in [0.05, 0.1) is 0 Å². The number of azo groups is 2. The van der Waals surface area contributed by atoms with E-state index >= 15 is 0 Å². The standard InChI is InChI=1S/2C3H2N2O6.2Na/c2*6-1(7)4-5-2(8)11-3(9)10;;/h2*(H,6,7)(H,9,10);;/q;;2*+1/p-2. The summed E-state index contributed by atoms with van der Waals surface area (Å²) in [5.74, 6) is 0. The number of hydrogen-bond donors (Lipinski definition) is 2. The van der Waals surface area contributed by atoms with E-state index in [0.29, 0.717) is 0 Å². The molecule has 0 bridgehead atoms. The second kappa shape index (κ2) is 17.4. The predicted molar refractivity (Wildman–Crippen MR) is 49.5 cm³/mol. The first-order valence-corrected chi connectivity index (χ1v) is 4.19. The van der Waals surface area contributed by atoms with Crippen molar-refractivity contribution in [2.75, 3.05) is 0 Å². The van der Waals surface area contributed by atoms with Crippen LogP contribution >= 0.6 is 0 Å². The molecule has 0 fully saturated rings. The van der Waals surface area contributed by atoms with Crippen molar-refractivity contribution in [2.24, 2.45) is 20.5 Å². The van der Waals surface area contributed by atoms with E-state index in [-0.39, 0.29) is 59.1 Å². The van der Waals surface area contributed by atoms with Crippen molar-refractivity contribution >= 4 is 36.7 Å². The summed E-state index contributed by atoms with van der Waals surface area (Å²) in [6.07, 6.45) is -11.0. The first kappa shape index (κ1) is 30.0. The van der Waals surface area contributed by atoms with E-state index in [4.69, 9.17) is 10.2 Å². The summed E-state index contributed by atoms with van der Waals surface area (Å²) in [4.78, 5) is 58.0. The largest absolute Gasteiger partial charge is 1.00 e. The van der Waals surface area contributed by atoms with E-state index in [1.807, 2.05) is 0 Å². The quantitative estimate of drug-likeness (QED) is 0.175. The second-order valence-electron chi connectivity index (χ2n) is 2.20. The van der Waals surface area contributed by atoms with Gasteiger partial charge in [-0.05, 0) is 0 Å². The Morgan fingerprint density at radius 1 is 0.625 bits per heavy atom. The van der Waals surface area contributed by atoms with Gasteiger partial charge in [-0.25, -0.2) is 19.2 Å². The minimum absolute atomic E-state index is 0. The van der Waals surface area contributed by atoms with E-state index in [0.717, 1.165) is 0 Å². The van der Waals surface area contributed by atoms with E-state index in [2.05, 4.69) is 29.9 Å². The molecule has 0 aliphatic carbocycles. The van der Waals surface area contributed by atoms with E-state index in [1.54, 1.807) is 0 Å². The van der Waals surface area contributed by atoms with Crippen LogP contribution in [0.1, 0.15) is 0 Å². The van der Waals surface area contributed by atoms with Crippen molar-refractivity contribution in [3.8, 4) is 0 Å². The van der Waals surface area contributed by atoms with Crippen molar-refractivity contribution in [1.29, 1.82) is 0 Å². The molecular weight excluding hydrogens is 366 g/mol. The Morgan fingerprint density at radius 2 is 0.875 bits per heavy atom. The number of hydrogen-bond acceptors (Lipinski definition) is 10. The maximum Gasteiger partial charge on any atom is 1.00 e. The third kappa shape index (κ3) is 28.2. The fourth-order valence-electron chi connectivity index (χ4n) is 0.351. The molecule has 2 N–H and O–H groups in total. The van der Waals surface area contributed by atoms with Gasteiger partial charge in [0.25, 0.3) is 12.3 Å². The Kier molecular flexibility index (Phi) is 21.7. The second-order valence-corrected chi connectivity index (χ2v) is 2.20. The smallest absolute Gasteiger partial charge is 0.465 e. The van der Waals surface area contributed by atoms with Crippen LogP contribution < -0.4 is 69.3 Å². The van der Waals surface area contributed by atoms with Gasteiger partial charge < -0.3 is 39.5 Å². The van der Waals surface area contributed by atoms with Crippen molar-refractivity contribution in [2.45, 2.75) is 0 Å². The zero-order valence-electron chi connectivity index (χ0n) is 11.8. The minimum Gasteiger partial charge on any atom is -0.465 e. The van der Waals surface area contributed by atoms with Gasteiger partial charge in [0.1, 0.15) is 0 Å². The Hall–Kier alpha value is -1.98. The van der Waals surface area contributed by atoms with Crippen molar-refractivity contribution in [3.63, 3.8) is 0 Å². The molecule has 0 radical (unpaired) electrons. The normalized spacial score (nSPS) is 8.67. The van der Waals surface area contributed by atoms with Gasteiger partial charge in [-0.3, -0.25) is 0 Å². The summed E-state index contributed by atoms with van der Waals surface area (Å²) < 4.78 is 6.49. The first-order chi connectivity index (χ1) is 10.0. The molecule has 16 nitrogen and oxygen atoms in total. The number of carbonyl (C=O) groups excluding carboxylic acids is 4. The molecule has 0 aromatic carbocycles. The van der Waals surface area contributed by atoms with Crippen LogP contribution in [0.2, 0.25) is 0 Å². The number of nitrogens with zero attached hydrogens (tertiary/aromatic N) is 4. The van der Waals surface area contributed by atoms with Gasteiger partial charge in [0.15, 0.2) is 0 Å². The van der Waals surface area contributed by atoms with Gasteiger partial charge in [-0.1, -0.05) is 20.5 Å². The number of ether oxygens (including phenoxy) is 2. The van der Waals surface area contributed by atoms with Gasteiger partial charge in [-0.15, -0.1) is 0 Å². The number of rotatable bonds is 0. The van der Waals surface area contributed by atoms with E-state index in [1.165, 1.54) is 0 Å². The number of carboxylic acid groups (broad SMARTS) is 4. The Labute approximate surface area is 174 Å². The Balaban J connectivity index is -0.000000154. The van der Waals surface area contributed by atoms with E-state index < -0.39 is 36.7 Å². The molecule has 0 unspecified atom stereocenters. The van der Waals surface area contributed by atoms with Crippen LogP contribution in [0, 0.1) is 0 Å². The van der Waals surface area contributed by atoms with Crippen molar-refractivity contribution in [3.05, 3.63) is 0 Å². The third-order valence-electron chi connectivity index (χ3n) is 0.776. The minimum atomic E-state index is -2.13. The average molecular weight is 368 g/mol. The molecule has 0 heterocycles. The third-order valence-corrected chi connectivity index (χ3v) is 0.776. The molecule has 0 spiro atoms. The fraction of sp³-hybridized carbons (Fsp3) is 0. The summed E-state index contributed by atoms with van der Waals surface area (Å²) in [6.45, 7) is 0. The van der Waals surface area contributed by atoms with Crippen LogP contribution in [-0.4, -0.2) is 46.9 Å². The molecule has 0 aliphatic rings. The topological polar surface area (TPSA) is 257 Å². The average Bonchev–Trinajstić information content (AvgIpc) is 2.33. The molecular formula is C6H2N4Na2O12. The number of amides is 4. The summed E-state index contributed by atoms with van der Waals surface area (Å²) in [5.41, 5.74) is 0. The monoisotopic (exact) mass is 368 g/mol. The van der Waals surface area contributed by atoms with Crippen LogP contribution in [-0.2, 0) is 9.47 Å². The maximum atomic E-state index is 9.99. The van der Waals surface area contributed by atoms with Crippen LogP contribution in [0.3, 0.4) is 0 Å². The SMILES string of the molecule is O=C(O)N=NC(=O)OC(=O)[O-].O=C(O)N=NC(=O)OC(=O)[O-].[Na+].[Na+]. The zero-order valence-corrected chi connectivity index (χ0v) is 15.8.